The first-order valence-corrected chi connectivity index (χ1v) is 8.57. The fourth-order valence-corrected chi connectivity index (χ4v) is 3.07. The van der Waals surface area contributed by atoms with E-state index in [9.17, 15) is 18.4 Å². The average Bonchev–Trinajstić information content (AvgIpc) is 2.99. The number of hydrogen-bond donors (Lipinski definition) is 1. The van der Waals surface area contributed by atoms with Gasteiger partial charge in [0.1, 0.15) is 11.6 Å². The maximum atomic E-state index is 13.7. The third kappa shape index (κ3) is 3.87. The van der Waals surface area contributed by atoms with Crippen molar-refractivity contribution < 1.29 is 18.4 Å². The number of halogens is 3. The fourth-order valence-electron chi connectivity index (χ4n) is 2.80. The zero-order chi connectivity index (χ0) is 18.0. The zero-order valence-corrected chi connectivity index (χ0v) is 14.8. The molecule has 0 aromatic heterocycles. The highest BCUT2D eigenvalue weighted by molar-refractivity contribution is 9.10. The second kappa shape index (κ2) is 7.31. The SMILES string of the molecule is O=C(NCCC(=O)N1CCc2c(F)cc(F)cc21)c1ccc(Br)cc1. The summed E-state index contributed by atoms with van der Waals surface area (Å²) in [5.74, 6) is -1.90. The molecule has 2 amide bonds. The van der Waals surface area contributed by atoms with Crippen LogP contribution in [0.5, 0.6) is 0 Å². The van der Waals surface area contributed by atoms with Gasteiger partial charge in [-0.25, -0.2) is 8.78 Å². The smallest absolute Gasteiger partial charge is 0.251 e. The second-order valence-electron chi connectivity index (χ2n) is 5.69. The summed E-state index contributed by atoms with van der Waals surface area (Å²) >= 11 is 3.29. The molecule has 7 heteroatoms. The first kappa shape index (κ1) is 17.5. The molecule has 25 heavy (non-hydrogen) atoms. The molecule has 130 valence electrons. The number of amides is 2. The van der Waals surface area contributed by atoms with Crippen molar-refractivity contribution in [3.05, 3.63) is 63.6 Å². The number of carbonyl (C=O) groups is 2. The minimum absolute atomic E-state index is 0.0554. The number of nitrogens with zero attached hydrogens (tertiary/aromatic N) is 1. The molecule has 0 aliphatic carbocycles. The van der Waals surface area contributed by atoms with E-state index in [0.717, 1.165) is 10.5 Å². The highest BCUT2D eigenvalue weighted by Crippen LogP contribution is 2.31. The highest BCUT2D eigenvalue weighted by atomic mass is 79.9. The molecule has 0 atom stereocenters. The molecule has 0 saturated heterocycles. The van der Waals surface area contributed by atoms with Gasteiger partial charge in [-0.05, 0) is 36.8 Å². The van der Waals surface area contributed by atoms with Crippen LogP contribution in [0.15, 0.2) is 40.9 Å². The molecule has 1 aliphatic heterocycles. The zero-order valence-electron chi connectivity index (χ0n) is 13.2. The van der Waals surface area contributed by atoms with Crippen LogP contribution in [0, 0.1) is 11.6 Å². The summed E-state index contributed by atoms with van der Waals surface area (Å²) in [6.07, 6.45) is 0.415. The van der Waals surface area contributed by atoms with Crippen LogP contribution in [0.4, 0.5) is 14.5 Å². The van der Waals surface area contributed by atoms with Crippen molar-refractivity contribution >= 4 is 33.4 Å². The maximum Gasteiger partial charge on any atom is 0.251 e. The van der Waals surface area contributed by atoms with Crippen molar-refractivity contribution in [2.75, 3.05) is 18.0 Å². The molecule has 0 fully saturated rings. The Bertz CT molecular complexity index is 825. The Balaban J connectivity index is 1.58. The summed E-state index contributed by atoms with van der Waals surface area (Å²) in [5.41, 5.74) is 1.13. The van der Waals surface area contributed by atoms with Gasteiger partial charge in [0.25, 0.3) is 5.91 Å². The van der Waals surface area contributed by atoms with E-state index in [1.807, 2.05) is 0 Å². The van der Waals surface area contributed by atoms with Crippen molar-refractivity contribution in [3.8, 4) is 0 Å². The van der Waals surface area contributed by atoms with E-state index in [2.05, 4.69) is 21.2 Å². The van der Waals surface area contributed by atoms with Crippen LogP contribution in [-0.2, 0) is 11.2 Å². The van der Waals surface area contributed by atoms with Crippen molar-refractivity contribution in [1.29, 1.82) is 0 Å². The Labute approximate surface area is 152 Å². The van der Waals surface area contributed by atoms with E-state index < -0.39 is 11.6 Å². The fraction of sp³-hybridized carbons (Fsp3) is 0.222. The lowest BCUT2D eigenvalue weighted by Crippen LogP contribution is -2.33. The lowest BCUT2D eigenvalue weighted by atomic mass is 10.1. The topological polar surface area (TPSA) is 49.4 Å². The molecule has 2 aromatic rings. The molecule has 0 bridgehead atoms. The number of hydrogen-bond acceptors (Lipinski definition) is 2. The Morgan fingerprint density at radius 1 is 1.16 bits per heavy atom. The van der Waals surface area contributed by atoms with E-state index in [1.165, 1.54) is 11.0 Å². The highest BCUT2D eigenvalue weighted by Gasteiger charge is 2.27. The van der Waals surface area contributed by atoms with Crippen molar-refractivity contribution in [2.45, 2.75) is 12.8 Å². The first-order valence-electron chi connectivity index (χ1n) is 7.78. The van der Waals surface area contributed by atoms with Gasteiger partial charge in [0, 0.05) is 41.2 Å². The van der Waals surface area contributed by atoms with E-state index in [0.29, 0.717) is 24.1 Å². The number of anilines is 1. The predicted molar refractivity (Wildman–Crippen MR) is 93.5 cm³/mol. The summed E-state index contributed by atoms with van der Waals surface area (Å²) in [7, 11) is 0. The van der Waals surface area contributed by atoms with Gasteiger partial charge in [0.15, 0.2) is 0 Å². The molecule has 1 heterocycles. The molecule has 1 N–H and O–H groups in total. The van der Waals surface area contributed by atoms with Gasteiger partial charge in [-0.2, -0.15) is 0 Å². The van der Waals surface area contributed by atoms with Crippen LogP contribution in [-0.4, -0.2) is 24.9 Å². The Morgan fingerprint density at radius 3 is 2.60 bits per heavy atom. The number of benzene rings is 2. The van der Waals surface area contributed by atoms with Crippen LogP contribution in [0.2, 0.25) is 0 Å². The quantitative estimate of drug-likeness (QED) is 0.842. The predicted octanol–water partition coefficient (Wildman–Crippen LogP) is 3.44. The van der Waals surface area contributed by atoms with Gasteiger partial charge in [-0.3, -0.25) is 9.59 Å². The van der Waals surface area contributed by atoms with Gasteiger partial charge in [0.05, 0.1) is 5.69 Å². The molecule has 1 aliphatic rings. The largest absolute Gasteiger partial charge is 0.352 e. The van der Waals surface area contributed by atoms with Gasteiger partial charge >= 0.3 is 0 Å². The van der Waals surface area contributed by atoms with Gasteiger partial charge in [0.2, 0.25) is 5.91 Å². The molecular formula is C18H15BrF2N2O2. The summed E-state index contributed by atoms with van der Waals surface area (Å²) in [6.45, 7) is 0.465. The number of carbonyl (C=O) groups excluding carboxylic acids is 2. The molecule has 0 unspecified atom stereocenters. The van der Waals surface area contributed by atoms with Crippen molar-refractivity contribution in [2.24, 2.45) is 0 Å². The minimum Gasteiger partial charge on any atom is -0.352 e. The van der Waals surface area contributed by atoms with Crippen LogP contribution in [0.3, 0.4) is 0 Å². The summed E-state index contributed by atoms with van der Waals surface area (Å²) < 4.78 is 28.0. The van der Waals surface area contributed by atoms with Crippen molar-refractivity contribution in [3.63, 3.8) is 0 Å². The molecule has 0 radical (unpaired) electrons. The molecule has 4 nitrogen and oxygen atoms in total. The molecule has 2 aromatic carbocycles. The van der Waals surface area contributed by atoms with Crippen LogP contribution < -0.4 is 10.2 Å². The molecule has 0 spiro atoms. The monoisotopic (exact) mass is 408 g/mol. The van der Waals surface area contributed by atoms with E-state index >= 15 is 0 Å². The normalized spacial score (nSPS) is 12.8. The van der Waals surface area contributed by atoms with E-state index in [4.69, 9.17) is 0 Å². The standard InChI is InChI=1S/C18H15BrF2N2O2/c19-12-3-1-11(2-4-12)18(25)22-7-5-17(24)23-8-6-14-15(21)9-13(20)10-16(14)23/h1-4,9-10H,5-8H2,(H,22,25). The summed E-state index contributed by atoms with van der Waals surface area (Å²) in [6, 6.07) is 8.84. The van der Waals surface area contributed by atoms with Crippen LogP contribution in [0.25, 0.3) is 0 Å². The van der Waals surface area contributed by atoms with Gasteiger partial charge < -0.3 is 10.2 Å². The average molecular weight is 409 g/mol. The van der Waals surface area contributed by atoms with Gasteiger partial charge in [-0.1, -0.05) is 15.9 Å². The van der Waals surface area contributed by atoms with Crippen LogP contribution >= 0.6 is 15.9 Å². The Morgan fingerprint density at radius 2 is 1.88 bits per heavy atom. The molecule has 3 rings (SSSR count). The summed E-state index contributed by atoms with van der Waals surface area (Å²) in [5, 5.41) is 2.67. The van der Waals surface area contributed by atoms with E-state index in [1.54, 1.807) is 24.3 Å². The number of rotatable bonds is 4. The Kier molecular flexibility index (Phi) is 5.13. The Hall–Kier alpha value is -2.28. The third-order valence-electron chi connectivity index (χ3n) is 4.04. The number of fused-ring (bicyclic) bond motifs is 1. The second-order valence-corrected chi connectivity index (χ2v) is 6.61. The van der Waals surface area contributed by atoms with Crippen LogP contribution in [0.1, 0.15) is 22.3 Å². The lowest BCUT2D eigenvalue weighted by Gasteiger charge is -2.17. The third-order valence-corrected chi connectivity index (χ3v) is 4.57. The summed E-state index contributed by atoms with van der Waals surface area (Å²) in [4.78, 5) is 25.7. The first-order chi connectivity index (χ1) is 12.0. The minimum atomic E-state index is -0.709. The molecule has 0 saturated carbocycles. The molecular weight excluding hydrogens is 394 g/mol. The van der Waals surface area contributed by atoms with E-state index in [-0.39, 0.29) is 30.5 Å². The van der Waals surface area contributed by atoms with Crippen molar-refractivity contribution in [1.82, 2.24) is 5.32 Å². The maximum absolute atomic E-state index is 13.7. The number of nitrogens with one attached hydrogen (secondary N) is 1. The lowest BCUT2D eigenvalue weighted by molar-refractivity contribution is -0.118. The van der Waals surface area contributed by atoms with Gasteiger partial charge in [-0.15, -0.1) is 0 Å².